The van der Waals surface area contributed by atoms with Crippen molar-refractivity contribution in [3.63, 3.8) is 0 Å². The summed E-state index contributed by atoms with van der Waals surface area (Å²) >= 11 is 10.7. The molecule has 7 N–H and O–H groups in total. The number of carbonyl (C=O) groups excluding carboxylic acids is 13. The molecule has 0 aliphatic carbocycles. The van der Waals surface area contributed by atoms with Crippen molar-refractivity contribution in [3.8, 4) is 0 Å². The number of carboxylic acids is 1. The van der Waals surface area contributed by atoms with Gasteiger partial charge in [0.2, 0.25) is 5.24 Å². The zero-order chi connectivity index (χ0) is 97.7. The second kappa shape index (κ2) is 64.2. The molecule has 30 atom stereocenters. The van der Waals surface area contributed by atoms with E-state index in [4.69, 9.17) is 106 Å². The van der Waals surface area contributed by atoms with Gasteiger partial charge in [-0.15, -0.1) is 5.06 Å². The van der Waals surface area contributed by atoms with Crippen molar-refractivity contribution in [3.05, 3.63) is 26.4 Å². The zero-order valence-corrected chi connectivity index (χ0v) is 82.0. The van der Waals surface area contributed by atoms with Crippen LogP contribution in [-0.4, -0.2) is 238 Å². The number of hydroxylamine groups is 2. The Hall–Kier alpha value is -6.66. The third-order valence-corrected chi connectivity index (χ3v) is 25.3. The van der Waals surface area contributed by atoms with E-state index in [9.17, 15) is 77.3 Å². The smallest absolute Gasteiger partial charge is 0.481 e. The number of ether oxygens (including phenoxy) is 12. The van der Waals surface area contributed by atoms with E-state index in [1.54, 1.807) is 6.92 Å². The van der Waals surface area contributed by atoms with Crippen molar-refractivity contribution in [2.24, 2.45) is 106 Å². The number of halogens is 2. The molecular weight excluding hydrogens is 1740 g/mol. The van der Waals surface area contributed by atoms with Gasteiger partial charge in [0.25, 0.3) is 11.8 Å². The predicted molar refractivity (Wildman–Crippen MR) is 456 cm³/mol. The summed E-state index contributed by atoms with van der Waals surface area (Å²) in [4.78, 5) is 163. The van der Waals surface area contributed by atoms with Gasteiger partial charge in [0.1, 0.15) is 74.8 Å². The number of azide groups is 1. The largest absolute Gasteiger partial charge is 1.00 e. The van der Waals surface area contributed by atoms with E-state index in [2.05, 4.69) is 116 Å². The standard InChI is InChI=1S/C21H31NO8.C17H28O6.C11H19ClO3.C11H19N3O3.C11H21NO3.C7H14O5.C5H6O3.C2H3ClO.N3.Na/c1-12-13(2)17(29-18(14(12)3)11-28-15(4)23)10-16(24)6-5-7-21(27)30-22-19(25)8-9-20(22)26;1-10-11(2)15(8-14(19)6-5-7-17(20)21)23-16(12(10)3)9-22-13(4)18;1-6-7(2)10(5-14-9(4)13)15-11(12)8(6)3;1-6-7(2)10(5-16-9(4)15)17-11(8(6)3)13-14-12;1-6-7(2)10(5-14-9(4)13)15-11(12)8(6)3;1-3-5(9)6(10)4(2-8)12-7(3)11;6-4-2-1-3-5(7)8-4;1-2(3)4;1-3-2;/h12-14,17-18H,5-11H2,1-4H3;10-12,15-16H,5-9H2,1-4H3,(H,20,21);6-8,10-11H,5H2,1-4H3;6-8,10-11H,5H2,1-4H3;6-8,10-11H,5,12H2,1-4H3;3-11H,2H2,1H3;1-3H2;1H3;;/q;;;;;;;;-1;+1. The van der Waals surface area contributed by atoms with Crippen LogP contribution in [0.1, 0.15) is 236 Å². The van der Waals surface area contributed by atoms with Gasteiger partial charge in [-0.2, -0.15) is 0 Å². The molecule has 8 fully saturated rings. The molecule has 8 aliphatic rings. The number of alkyl halides is 1. The molecular formula is C85H141Cl2N8NaO32. The Balaban J connectivity index is 0. The minimum atomic E-state index is -1.13. The molecule has 0 saturated carbocycles. The number of aliphatic hydroxyl groups excluding tert-OH is 4. The molecule has 128 heavy (non-hydrogen) atoms. The average molecular weight is 1880 g/mol. The molecule has 43 heteroatoms. The molecule has 8 heterocycles. The average Bonchev–Trinajstić information content (AvgIpc) is 1.42. The number of nitrogens with two attached hydrogens (primary N) is 1. The van der Waals surface area contributed by atoms with Crippen LogP contribution in [0.2, 0.25) is 0 Å². The van der Waals surface area contributed by atoms with Gasteiger partial charge >= 0.3 is 83.3 Å². The van der Waals surface area contributed by atoms with E-state index >= 15 is 0 Å². The summed E-state index contributed by atoms with van der Waals surface area (Å²) in [5.74, 6) is -0.997. The number of hydrogen-bond donors (Lipinski definition) is 6. The van der Waals surface area contributed by atoms with Crippen LogP contribution in [-0.2, 0) is 129 Å². The van der Waals surface area contributed by atoms with Crippen molar-refractivity contribution in [1.82, 2.24) is 5.06 Å². The Morgan fingerprint density at radius 2 is 0.773 bits per heavy atom. The molecule has 0 radical (unpaired) electrons. The van der Waals surface area contributed by atoms with Gasteiger partial charge in [0.15, 0.2) is 6.29 Å². The van der Waals surface area contributed by atoms with E-state index in [0.29, 0.717) is 97.2 Å². The van der Waals surface area contributed by atoms with Gasteiger partial charge in [-0.3, -0.25) is 67.2 Å². The molecule has 728 valence electrons. The summed E-state index contributed by atoms with van der Waals surface area (Å²) in [6, 6.07) is 0. The molecule has 0 aromatic carbocycles. The summed E-state index contributed by atoms with van der Waals surface area (Å²) in [6.45, 7) is 41.9. The number of hydrogen-bond acceptors (Lipinski definition) is 33. The van der Waals surface area contributed by atoms with Crippen molar-refractivity contribution in [1.29, 1.82) is 0 Å². The van der Waals surface area contributed by atoms with Gasteiger partial charge in [0.05, 0.1) is 55.4 Å². The summed E-state index contributed by atoms with van der Waals surface area (Å²) in [5.41, 5.74) is 27.6. The zero-order valence-electron chi connectivity index (χ0n) is 78.5. The van der Waals surface area contributed by atoms with E-state index in [-0.39, 0.29) is 256 Å². The first-order valence-corrected chi connectivity index (χ1v) is 43.9. The Kier molecular flexibility index (Phi) is 61.9. The number of esters is 7. The van der Waals surface area contributed by atoms with Crippen LogP contribution < -0.4 is 35.3 Å². The molecule has 0 aromatic heterocycles. The molecule has 0 aromatic rings. The van der Waals surface area contributed by atoms with Gasteiger partial charge < -0.3 is 104 Å². The maximum Gasteiger partial charge on any atom is 1.00 e. The number of rotatable bonds is 25. The Morgan fingerprint density at radius 1 is 0.445 bits per heavy atom. The first-order valence-electron chi connectivity index (χ1n) is 43.0. The van der Waals surface area contributed by atoms with Crippen LogP contribution in [0, 0.1) is 94.7 Å². The fraction of sp³-hybridized carbons (Fsp3) is 0.835. The van der Waals surface area contributed by atoms with Crippen molar-refractivity contribution < 1.29 is 184 Å². The maximum absolute atomic E-state index is 12.4. The fourth-order valence-electron chi connectivity index (χ4n) is 14.6. The molecule has 40 nitrogen and oxygen atoms in total. The van der Waals surface area contributed by atoms with Crippen LogP contribution >= 0.6 is 23.2 Å². The summed E-state index contributed by atoms with van der Waals surface area (Å²) in [7, 11) is 0. The number of carbonyl (C=O) groups is 14. The second-order valence-electron chi connectivity index (χ2n) is 33.7. The maximum atomic E-state index is 12.4. The van der Waals surface area contributed by atoms with Crippen molar-refractivity contribution in [2.45, 2.75) is 321 Å². The first-order chi connectivity index (χ1) is 59.2. The quantitative estimate of drug-likeness (QED) is 0.00495. The van der Waals surface area contributed by atoms with Crippen LogP contribution in [0.3, 0.4) is 0 Å². The first kappa shape index (κ1) is 123. The summed E-state index contributed by atoms with van der Waals surface area (Å²) < 4.78 is 63.1. The topological polar surface area (TPSA) is 597 Å². The number of Topliss-reactive ketones (excluding diaryl/α,β-unsaturated/α-hetero) is 2. The van der Waals surface area contributed by atoms with Crippen LogP contribution in [0.5, 0.6) is 0 Å². The van der Waals surface area contributed by atoms with E-state index < -0.39 is 67.1 Å². The van der Waals surface area contributed by atoms with E-state index in [1.807, 2.05) is 13.8 Å². The molecule has 8 saturated heterocycles. The van der Waals surface area contributed by atoms with Crippen molar-refractivity contribution in [2.75, 3.05) is 39.6 Å². The number of nitrogens with zero attached hydrogens (tertiary/aromatic N) is 7. The van der Waals surface area contributed by atoms with Gasteiger partial charge in [-0.05, 0) is 125 Å². The molecule has 2 amide bonds. The Bertz CT molecular complexity index is 3480. The fourth-order valence-corrected chi connectivity index (χ4v) is 14.9. The number of carboxylic acid groups (broad SMARTS) is 1. The summed E-state index contributed by atoms with van der Waals surface area (Å²) in [5, 5.41) is 48.8. The van der Waals surface area contributed by atoms with Crippen LogP contribution in [0.4, 0.5) is 0 Å². The molecule has 0 bridgehead atoms. The number of aliphatic carboxylic acids is 1. The second-order valence-corrected chi connectivity index (χ2v) is 34.7. The van der Waals surface area contributed by atoms with Crippen LogP contribution in [0.15, 0.2) is 5.11 Å². The third kappa shape index (κ3) is 46.1. The number of cyclic esters (lactones) is 2. The molecule has 0 spiro atoms. The Labute approximate surface area is 782 Å². The van der Waals surface area contributed by atoms with Gasteiger partial charge in [-0.1, -0.05) is 127 Å². The minimum absolute atomic E-state index is 0. The van der Waals surface area contributed by atoms with Gasteiger partial charge in [0, 0.05) is 117 Å². The van der Waals surface area contributed by atoms with Crippen LogP contribution in [0.25, 0.3) is 26.4 Å². The summed E-state index contributed by atoms with van der Waals surface area (Å²) in [6.07, 6.45) is -3.24. The number of aliphatic hydroxyl groups is 4. The van der Waals surface area contributed by atoms with E-state index in [1.165, 1.54) is 46.5 Å². The molecule has 8 aliphatic heterocycles. The van der Waals surface area contributed by atoms with Gasteiger partial charge in [-0.25, -0.2) is 4.79 Å². The normalized spacial score (nSPS) is 33.1. The number of imide groups is 1. The number of ketones is 2. The van der Waals surface area contributed by atoms with Crippen molar-refractivity contribution >= 4 is 106 Å². The monoisotopic (exact) mass is 1880 g/mol. The minimum Gasteiger partial charge on any atom is -0.481 e. The predicted octanol–water partition coefficient (Wildman–Crippen LogP) is 7.39. The Morgan fingerprint density at radius 3 is 1.12 bits per heavy atom. The molecule has 30 unspecified atom stereocenters. The number of amides is 2. The molecule has 8 rings (SSSR count). The third-order valence-electron chi connectivity index (χ3n) is 24.8. The van der Waals surface area contributed by atoms with E-state index in [0.717, 1.165) is 0 Å². The SMILES string of the molecule is CC(=O)Cl.CC(=O)OCC1OC(CC(=O)CCCC(=O)O)C(C)C(C)C1C.CC(=O)OCC1OC(CC(=O)CCCC(=O)ON2C(=O)CCC2=O)C(C)C(C)C1C.CC(=O)OCC1OC(Cl)C(C)C(C)C1C.CC(=O)OCC1OC(N)C(C)C(C)C1C.CC(=O)OCC1OC(N=[N+]=[N-])C(C)C(C)C1C.CC1C(O)OC(CO)C(O)C1O.O=C1CCCC(=O)O1.[N-]=[N+]=[N-].[Na+].